The van der Waals surface area contributed by atoms with Gasteiger partial charge in [0.1, 0.15) is 0 Å². The van der Waals surface area contributed by atoms with E-state index in [0.717, 1.165) is 25.8 Å². The number of carboxylic acid groups (broad SMARTS) is 1. The molecule has 4 nitrogen and oxygen atoms in total. The lowest BCUT2D eigenvalue weighted by atomic mass is 10.0. The van der Waals surface area contributed by atoms with E-state index in [-0.39, 0.29) is 19.2 Å². The highest BCUT2D eigenvalue weighted by molar-refractivity contribution is 5.69. The Kier molecular flexibility index (Phi) is 3.49. The number of rotatable bonds is 3. The molecule has 0 amide bonds. The molecule has 0 unspecified atom stereocenters. The van der Waals surface area contributed by atoms with Crippen LogP contribution in [0.4, 0.5) is 0 Å². The Morgan fingerprint density at radius 1 is 1.50 bits per heavy atom. The lowest BCUT2D eigenvalue weighted by molar-refractivity contribution is -0.139. The molecule has 70 valence electrons. The Labute approximate surface area is 71.8 Å². The van der Waals surface area contributed by atoms with Gasteiger partial charge in [-0.3, -0.25) is 9.69 Å². The zero-order valence-corrected chi connectivity index (χ0v) is 7.07. The maximum atomic E-state index is 10.4. The number of carboxylic acids is 1. The van der Waals surface area contributed by atoms with Crippen molar-refractivity contribution in [3.05, 3.63) is 0 Å². The van der Waals surface area contributed by atoms with Gasteiger partial charge in [0, 0.05) is 6.04 Å². The summed E-state index contributed by atoms with van der Waals surface area (Å²) in [7, 11) is 0. The van der Waals surface area contributed by atoms with Crippen molar-refractivity contribution in [1.82, 2.24) is 4.90 Å². The van der Waals surface area contributed by atoms with Crippen molar-refractivity contribution in [2.24, 2.45) is 0 Å². The standard InChI is InChI=1S/C8H15NO3/c10-6-7-3-1-2-4-9(7)5-8(11)12/h7,10H,1-6H2,(H,11,12)/t7-/m0/s1. The fourth-order valence-corrected chi connectivity index (χ4v) is 1.65. The number of aliphatic carboxylic acids is 1. The van der Waals surface area contributed by atoms with Crippen LogP contribution >= 0.6 is 0 Å². The Bertz CT molecular complexity index is 160. The molecule has 0 aromatic carbocycles. The molecule has 0 bridgehead atoms. The highest BCUT2D eigenvalue weighted by Gasteiger charge is 2.22. The maximum absolute atomic E-state index is 10.4. The van der Waals surface area contributed by atoms with Gasteiger partial charge in [0.15, 0.2) is 0 Å². The molecule has 4 heteroatoms. The van der Waals surface area contributed by atoms with E-state index >= 15 is 0 Å². The summed E-state index contributed by atoms with van der Waals surface area (Å²) in [6.45, 7) is 0.941. The molecule has 12 heavy (non-hydrogen) atoms. The molecule has 0 saturated carbocycles. The van der Waals surface area contributed by atoms with Crippen LogP contribution in [0.1, 0.15) is 19.3 Å². The number of likely N-dealkylation sites (tertiary alicyclic amines) is 1. The molecule has 0 aromatic rings. The summed E-state index contributed by atoms with van der Waals surface area (Å²) in [5.74, 6) is -0.810. The van der Waals surface area contributed by atoms with Crippen LogP contribution in [0.3, 0.4) is 0 Å². The monoisotopic (exact) mass is 173 g/mol. The van der Waals surface area contributed by atoms with E-state index in [4.69, 9.17) is 10.2 Å². The van der Waals surface area contributed by atoms with Gasteiger partial charge >= 0.3 is 5.97 Å². The molecular formula is C8H15NO3. The van der Waals surface area contributed by atoms with E-state index in [9.17, 15) is 4.79 Å². The van der Waals surface area contributed by atoms with Gasteiger partial charge in [-0.2, -0.15) is 0 Å². The van der Waals surface area contributed by atoms with Crippen LogP contribution in [0.5, 0.6) is 0 Å². The lowest BCUT2D eigenvalue weighted by Crippen LogP contribution is -2.44. The van der Waals surface area contributed by atoms with Crippen molar-refractivity contribution < 1.29 is 15.0 Å². The smallest absolute Gasteiger partial charge is 0.317 e. The van der Waals surface area contributed by atoms with Gasteiger partial charge in [-0.05, 0) is 19.4 Å². The molecule has 0 aliphatic carbocycles. The molecule has 1 fully saturated rings. The van der Waals surface area contributed by atoms with Crippen LogP contribution < -0.4 is 0 Å². The van der Waals surface area contributed by atoms with E-state index in [1.807, 2.05) is 4.90 Å². The molecule has 1 aliphatic rings. The molecular weight excluding hydrogens is 158 g/mol. The number of aliphatic hydroxyl groups excluding tert-OH is 1. The molecule has 0 spiro atoms. The number of hydrogen-bond acceptors (Lipinski definition) is 3. The third-order valence-corrected chi connectivity index (χ3v) is 2.30. The average molecular weight is 173 g/mol. The number of hydrogen-bond donors (Lipinski definition) is 2. The van der Waals surface area contributed by atoms with E-state index < -0.39 is 5.97 Å². The topological polar surface area (TPSA) is 60.8 Å². The summed E-state index contributed by atoms with van der Waals surface area (Å²) in [5, 5.41) is 17.5. The average Bonchev–Trinajstić information content (AvgIpc) is 2.04. The molecule has 1 saturated heterocycles. The highest BCUT2D eigenvalue weighted by Crippen LogP contribution is 2.15. The van der Waals surface area contributed by atoms with Gasteiger partial charge in [0.05, 0.1) is 13.2 Å². The van der Waals surface area contributed by atoms with Crippen molar-refractivity contribution in [3.8, 4) is 0 Å². The molecule has 1 rings (SSSR count). The first-order valence-corrected chi connectivity index (χ1v) is 4.30. The Balaban J connectivity index is 2.41. The van der Waals surface area contributed by atoms with Crippen LogP contribution in [-0.4, -0.2) is 46.8 Å². The van der Waals surface area contributed by atoms with Gasteiger partial charge < -0.3 is 10.2 Å². The Hall–Kier alpha value is -0.610. The second kappa shape index (κ2) is 4.42. The first-order chi connectivity index (χ1) is 5.74. The van der Waals surface area contributed by atoms with Crippen molar-refractivity contribution in [3.63, 3.8) is 0 Å². The third kappa shape index (κ3) is 2.46. The van der Waals surface area contributed by atoms with E-state index in [1.54, 1.807) is 0 Å². The maximum Gasteiger partial charge on any atom is 0.317 e. The summed E-state index contributed by atoms with van der Waals surface area (Å²) >= 11 is 0. The fourth-order valence-electron chi connectivity index (χ4n) is 1.65. The predicted molar refractivity (Wildman–Crippen MR) is 43.9 cm³/mol. The summed E-state index contributed by atoms with van der Waals surface area (Å²) < 4.78 is 0. The van der Waals surface area contributed by atoms with Crippen molar-refractivity contribution in [1.29, 1.82) is 0 Å². The van der Waals surface area contributed by atoms with Gasteiger partial charge in [-0.25, -0.2) is 0 Å². The van der Waals surface area contributed by atoms with E-state index in [2.05, 4.69) is 0 Å². The van der Waals surface area contributed by atoms with Crippen LogP contribution in [0.2, 0.25) is 0 Å². The summed E-state index contributed by atoms with van der Waals surface area (Å²) in [5.41, 5.74) is 0. The molecule has 2 N–H and O–H groups in total. The normalized spacial score (nSPS) is 25.6. The van der Waals surface area contributed by atoms with Gasteiger partial charge in [0.2, 0.25) is 0 Å². The minimum atomic E-state index is -0.810. The lowest BCUT2D eigenvalue weighted by Gasteiger charge is -2.32. The van der Waals surface area contributed by atoms with Crippen molar-refractivity contribution in [2.45, 2.75) is 25.3 Å². The van der Waals surface area contributed by atoms with E-state index in [0.29, 0.717) is 0 Å². The number of piperidine rings is 1. The van der Waals surface area contributed by atoms with Gasteiger partial charge in [-0.1, -0.05) is 6.42 Å². The second-order valence-corrected chi connectivity index (χ2v) is 3.20. The Morgan fingerprint density at radius 2 is 2.25 bits per heavy atom. The molecule has 0 aromatic heterocycles. The number of aliphatic hydroxyl groups is 1. The highest BCUT2D eigenvalue weighted by atomic mass is 16.4. The fraction of sp³-hybridized carbons (Fsp3) is 0.875. The van der Waals surface area contributed by atoms with Gasteiger partial charge in [-0.15, -0.1) is 0 Å². The molecule has 1 atom stereocenters. The first-order valence-electron chi connectivity index (χ1n) is 4.30. The van der Waals surface area contributed by atoms with Crippen LogP contribution in [0.25, 0.3) is 0 Å². The van der Waals surface area contributed by atoms with Crippen LogP contribution in [0.15, 0.2) is 0 Å². The third-order valence-electron chi connectivity index (χ3n) is 2.30. The number of carbonyl (C=O) groups is 1. The van der Waals surface area contributed by atoms with E-state index in [1.165, 1.54) is 0 Å². The SMILES string of the molecule is O=C(O)CN1CCCC[C@H]1CO. The molecule has 1 aliphatic heterocycles. The zero-order chi connectivity index (χ0) is 8.97. The minimum Gasteiger partial charge on any atom is -0.480 e. The predicted octanol–water partition coefficient (Wildman–Crippen LogP) is -0.0822. The molecule has 1 heterocycles. The zero-order valence-electron chi connectivity index (χ0n) is 7.07. The van der Waals surface area contributed by atoms with Crippen LogP contribution in [0, 0.1) is 0 Å². The van der Waals surface area contributed by atoms with Gasteiger partial charge in [0.25, 0.3) is 0 Å². The minimum absolute atomic E-state index is 0.0607. The summed E-state index contributed by atoms with van der Waals surface area (Å²) in [4.78, 5) is 12.2. The second-order valence-electron chi connectivity index (χ2n) is 3.20. The quantitative estimate of drug-likeness (QED) is 0.626. The Morgan fingerprint density at radius 3 is 2.83 bits per heavy atom. The summed E-state index contributed by atoms with van der Waals surface area (Å²) in [6, 6.07) is 0.0647. The largest absolute Gasteiger partial charge is 0.480 e. The number of nitrogens with zero attached hydrogens (tertiary/aromatic N) is 1. The first kappa shape index (κ1) is 9.48. The van der Waals surface area contributed by atoms with Crippen molar-refractivity contribution >= 4 is 5.97 Å². The molecule has 0 radical (unpaired) electrons. The van der Waals surface area contributed by atoms with Crippen LogP contribution in [-0.2, 0) is 4.79 Å². The summed E-state index contributed by atoms with van der Waals surface area (Å²) in [6.07, 6.45) is 3.06. The van der Waals surface area contributed by atoms with Crippen molar-refractivity contribution in [2.75, 3.05) is 19.7 Å².